The van der Waals surface area contributed by atoms with Crippen molar-refractivity contribution in [1.29, 1.82) is 0 Å². The summed E-state index contributed by atoms with van der Waals surface area (Å²) in [6, 6.07) is 9.38. The number of aromatic carboxylic acids is 1. The number of fused-ring (bicyclic) bond motifs is 1. The van der Waals surface area contributed by atoms with E-state index in [4.69, 9.17) is 21.1 Å². The minimum Gasteiger partial charge on any atom is -0.506 e. The van der Waals surface area contributed by atoms with Crippen LogP contribution in [0, 0.1) is 0 Å². The van der Waals surface area contributed by atoms with Crippen molar-refractivity contribution in [2.24, 2.45) is 0 Å². The van der Waals surface area contributed by atoms with Gasteiger partial charge in [-0.25, -0.2) is 9.78 Å². The topological polar surface area (TPSA) is 83.6 Å². The molecule has 3 rings (SSSR count). The summed E-state index contributed by atoms with van der Waals surface area (Å²) < 4.78 is 5.49. The standard InChI is InChI=1S/C14H8ClNO4/c15-9-5-1-4-8(12(9)17)13-16-11-7(14(18)19)3-2-6-10(11)20-13/h1-6,17H,(H,18,19). The first-order chi connectivity index (χ1) is 9.58. The van der Waals surface area contributed by atoms with E-state index in [1.54, 1.807) is 24.3 Å². The van der Waals surface area contributed by atoms with Crippen molar-refractivity contribution in [3.8, 4) is 17.2 Å². The number of carboxylic acid groups (broad SMARTS) is 1. The second-order valence-electron chi connectivity index (χ2n) is 4.11. The van der Waals surface area contributed by atoms with E-state index in [1.165, 1.54) is 12.1 Å². The minimum absolute atomic E-state index is 0.0408. The molecule has 0 aliphatic carbocycles. The number of aromatic hydroxyl groups is 1. The lowest BCUT2D eigenvalue weighted by atomic mass is 10.2. The van der Waals surface area contributed by atoms with Crippen molar-refractivity contribution in [2.45, 2.75) is 0 Å². The van der Waals surface area contributed by atoms with E-state index >= 15 is 0 Å². The van der Waals surface area contributed by atoms with Gasteiger partial charge in [0.2, 0.25) is 5.89 Å². The van der Waals surface area contributed by atoms with Crippen LogP contribution in [0.2, 0.25) is 5.02 Å². The number of rotatable bonds is 2. The zero-order chi connectivity index (χ0) is 14.3. The van der Waals surface area contributed by atoms with Crippen LogP contribution in [0.5, 0.6) is 5.75 Å². The Kier molecular flexibility index (Phi) is 2.84. The van der Waals surface area contributed by atoms with Gasteiger partial charge in [-0.15, -0.1) is 0 Å². The Balaban J connectivity index is 2.26. The lowest BCUT2D eigenvalue weighted by molar-refractivity contribution is 0.0699. The first-order valence-electron chi connectivity index (χ1n) is 5.68. The Labute approximate surface area is 118 Å². The molecule has 100 valence electrons. The van der Waals surface area contributed by atoms with Gasteiger partial charge in [0.15, 0.2) is 5.58 Å². The van der Waals surface area contributed by atoms with E-state index in [0.29, 0.717) is 11.1 Å². The molecule has 1 heterocycles. The van der Waals surface area contributed by atoms with E-state index in [9.17, 15) is 9.90 Å². The molecule has 0 radical (unpaired) electrons. The van der Waals surface area contributed by atoms with Gasteiger partial charge in [0.25, 0.3) is 0 Å². The smallest absolute Gasteiger partial charge is 0.338 e. The van der Waals surface area contributed by atoms with Gasteiger partial charge in [-0.05, 0) is 24.3 Å². The Hall–Kier alpha value is -2.53. The van der Waals surface area contributed by atoms with Gasteiger partial charge in [0.1, 0.15) is 11.3 Å². The molecule has 1 aromatic heterocycles. The van der Waals surface area contributed by atoms with E-state index in [-0.39, 0.29) is 27.7 Å². The quantitative estimate of drug-likeness (QED) is 0.753. The predicted molar refractivity (Wildman–Crippen MR) is 73.1 cm³/mol. The third-order valence-corrected chi connectivity index (χ3v) is 3.17. The van der Waals surface area contributed by atoms with Crippen LogP contribution < -0.4 is 0 Å². The molecule has 0 bridgehead atoms. The van der Waals surface area contributed by atoms with Crippen LogP contribution in [0.1, 0.15) is 10.4 Å². The molecule has 0 saturated heterocycles. The average Bonchev–Trinajstić information content (AvgIpc) is 2.84. The van der Waals surface area contributed by atoms with Gasteiger partial charge in [0.05, 0.1) is 16.1 Å². The van der Waals surface area contributed by atoms with Crippen LogP contribution in [0.25, 0.3) is 22.6 Å². The van der Waals surface area contributed by atoms with Gasteiger partial charge < -0.3 is 14.6 Å². The fourth-order valence-electron chi connectivity index (χ4n) is 1.92. The molecule has 0 fully saturated rings. The van der Waals surface area contributed by atoms with Crippen molar-refractivity contribution >= 4 is 28.7 Å². The number of phenols is 1. The molecule has 2 N–H and O–H groups in total. The number of hydrogen-bond donors (Lipinski definition) is 2. The number of benzene rings is 2. The first kappa shape index (κ1) is 12.5. The van der Waals surface area contributed by atoms with Crippen LogP contribution in [0.4, 0.5) is 0 Å². The van der Waals surface area contributed by atoms with E-state index in [2.05, 4.69) is 4.98 Å². The molecule has 0 atom stereocenters. The highest BCUT2D eigenvalue weighted by atomic mass is 35.5. The van der Waals surface area contributed by atoms with E-state index in [0.717, 1.165) is 0 Å². The van der Waals surface area contributed by atoms with Gasteiger partial charge in [-0.2, -0.15) is 0 Å². The molecule has 5 nitrogen and oxygen atoms in total. The van der Waals surface area contributed by atoms with Crippen molar-refractivity contribution in [3.05, 3.63) is 47.0 Å². The molecular weight excluding hydrogens is 282 g/mol. The summed E-state index contributed by atoms with van der Waals surface area (Å²) in [5.41, 5.74) is 0.915. The van der Waals surface area contributed by atoms with Crippen LogP contribution >= 0.6 is 11.6 Å². The van der Waals surface area contributed by atoms with Crippen molar-refractivity contribution < 1.29 is 19.4 Å². The number of phenolic OH excluding ortho intramolecular Hbond substituents is 1. The molecule has 0 aliphatic rings. The Morgan fingerprint density at radius 1 is 1.20 bits per heavy atom. The Bertz CT molecular complexity index is 825. The number of carbonyl (C=O) groups is 1. The number of nitrogens with zero attached hydrogens (tertiary/aromatic N) is 1. The normalized spacial score (nSPS) is 10.8. The summed E-state index contributed by atoms with van der Waals surface area (Å²) in [5, 5.41) is 19.2. The molecule has 0 aliphatic heterocycles. The average molecular weight is 290 g/mol. The lowest BCUT2D eigenvalue weighted by Crippen LogP contribution is -1.96. The van der Waals surface area contributed by atoms with Crippen molar-refractivity contribution in [3.63, 3.8) is 0 Å². The van der Waals surface area contributed by atoms with Crippen LogP contribution in [-0.2, 0) is 0 Å². The maximum atomic E-state index is 11.1. The molecule has 0 amide bonds. The number of aromatic nitrogens is 1. The molecule has 6 heteroatoms. The van der Waals surface area contributed by atoms with Gasteiger partial charge in [0, 0.05) is 0 Å². The highest BCUT2D eigenvalue weighted by Crippen LogP contribution is 2.36. The fraction of sp³-hybridized carbons (Fsp3) is 0. The summed E-state index contributed by atoms with van der Waals surface area (Å²) in [5.74, 6) is -1.13. The second kappa shape index (κ2) is 4.54. The molecule has 0 spiro atoms. The van der Waals surface area contributed by atoms with Gasteiger partial charge >= 0.3 is 5.97 Å². The lowest BCUT2D eigenvalue weighted by Gasteiger charge is -2.00. The number of halogens is 1. The summed E-state index contributed by atoms with van der Waals surface area (Å²) in [7, 11) is 0. The van der Waals surface area contributed by atoms with Crippen LogP contribution in [-0.4, -0.2) is 21.2 Å². The third kappa shape index (κ3) is 1.88. The summed E-state index contributed by atoms with van der Waals surface area (Å²) in [6.45, 7) is 0. The highest BCUT2D eigenvalue weighted by Gasteiger charge is 2.17. The predicted octanol–water partition coefficient (Wildman–Crippen LogP) is 3.55. The fourth-order valence-corrected chi connectivity index (χ4v) is 2.10. The number of para-hydroxylation sites is 2. The Morgan fingerprint density at radius 3 is 2.70 bits per heavy atom. The second-order valence-corrected chi connectivity index (χ2v) is 4.52. The molecule has 2 aromatic carbocycles. The largest absolute Gasteiger partial charge is 0.506 e. The Morgan fingerprint density at radius 2 is 1.95 bits per heavy atom. The zero-order valence-corrected chi connectivity index (χ0v) is 10.8. The van der Waals surface area contributed by atoms with Gasteiger partial charge in [-0.3, -0.25) is 0 Å². The molecule has 0 saturated carbocycles. The third-order valence-electron chi connectivity index (χ3n) is 2.87. The van der Waals surface area contributed by atoms with Crippen LogP contribution in [0.15, 0.2) is 40.8 Å². The van der Waals surface area contributed by atoms with Crippen molar-refractivity contribution in [2.75, 3.05) is 0 Å². The molecule has 0 unspecified atom stereocenters. The van der Waals surface area contributed by atoms with E-state index < -0.39 is 5.97 Å². The summed E-state index contributed by atoms with van der Waals surface area (Å²) in [4.78, 5) is 15.3. The molecular formula is C14H8ClNO4. The van der Waals surface area contributed by atoms with Gasteiger partial charge in [-0.1, -0.05) is 23.7 Å². The maximum Gasteiger partial charge on any atom is 0.338 e. The zero-order valence-electron chi connectivity index (χ0n) is 10.0. The highest BCUT2D eigenvalue weighted by molar-refractivity contribution is 6.32. The summed E-state index contributed by atoms with van der Waals surface area (Å²) in [6.07, 6.45) is 0. The first-order valence-corrected chi connectivity index (χ1v) is 6.06. The number of oxazole rings is 1. The monoisotopic (exact) mass is 289 g/mol. The summed E-state index contributed by atoms with van der Waals surface area (Å²) >= 11 is 5.83. The number of carboxylic acids is 1. The van der Waals surface area contributed by atoms with E-state index in [1.807, 2.05) is 0 Å². The molecule has 20 heavy (non-hydrogen) atoms. The minimum atomic E-state index is -1.09. The molecule has 3 aromatic rings. The maximum absolute atomic E-state index is 11.1. The van der Waals surface area contributed by atoms with Crippen LogP contribution in [0.3, 0.4) is 0 Å². The number of hydrogen-bond acceptors (Lipinski definition) is 4. The SMILES string of the molecule is O=C(O)c1cccc2oc(-c3cccc(Cl)c3O)nc12. The van der Waals surface area contributed by atoms with Crippen molar-refractivity contribution in [1.82, 2.24) is 4.98 Å².